The lowest BCUT2D eigenvalue weighted by Gasteiger charge is -2.30. The van der Waals surface area contributed by atoms with Crippen LogP contribution in [0.2, 0.25) is 10.3 Å². The molecular weight excluding hydrogens is 287 g/mol. The normalized spacial score (nSPS) is 32.5. The molecule has 2 saturated carbocycles. The zero-order chi connectivity index (χ0) is 13.6. The molecule has 1 aromatic rings. The van der Waals surface area contributed by atoms with Crippen molar-refractivity contribution < 1.29 is 4.79 Å². The van der Waals surface area contributed by atoms with Gasteiger partial charge in [0.25, 0.3) is 0 Å². The van der Waals surface area contributed by atoms with Gasteiger partial charge in [-0.05, 0) is 42.7 Å². The quantitative estimate of drug-likeness (QED) is 0.838. The average molecular weight is 301 g/mol. The zero-order valence-electron chi connectivity index (χ0n) is 10.1. The van der Waals surface area contributed by atoms with Crippen molar-refractivity contribution in [2.24, 2.45) is 23.5 Å². The molecular formula is C12H14Cl2N4O. The Morgan fingerprint density at radius 1 is 1.37 bits per heavy atom. The Morgan fingerprint density at radius 3 is 2.84 bits per heavy atom. The molecule has 0 aliphatic heterocycles. The summed E-state index contributed by atoms with van der Waals surface area (Å²) < 4.78 is 0. The van der Waals surface area contributed by atoms with Crippen molar-refractivity contribution >= 4 is 34.9 Å². The number of anilines is 1. The molecule has 1 heterocycles. The van der Waals surface area contributed by atoms with Gasteiger partial charge in [0, 0.05) is 6.04 Å². The van der Waals surface area contributed by atoms with Crippen LogP contribution in [-0.4, -0.2) is 21.9 Å². The average Bonchev–Trinajstić information content (AvgIpc) is 2.94. The molecule has 4 atom stereocenters. The minimum Gasteiger partial charge on any atom is -0.369 e. The molecule has 2 aliphatic carbocycles. The van der Waals surface area contributed by atoms with Crippen LogP contribution in [0, 0.1) is 17.8 Å². The summed E-state index contributed by atoms with van der Waals surface area (Å²) in [6.45, 7) is 0. The Balaban J connectivity index is 1.85. The van der Waals surface area contributed by atoms with E-state index in [1.54, 1.807) is 0 Å². The molecule has 1 aromatic heterocycles. The summed E-state index contributed by atoms with van der Waals surface area (Å²) in [6.07, 6.45) is 4.69. The molecule has 4 unspecified atom stereocenters. The molecule has 7 heteroatoms. The highest BCUT2D eigenvalue weighted by Gasteiger charge is 2.50. The van der Waals surface area contributed by atoms with Gasteiger partial charge < -0.3 is 11.1 Å². The second-order valence-electron chi connectivity index (χ2n) is 5.27. The van der Waals surface area contributed by atoms with Gasteiger partial charge in [-0.2, -0.15) is 4.98 Å². The first-order valence-electron chi connectivity index (χ1n) is 6.30. The Bertz CT molecular complexity index is 524. The fourth-order valence-corrected chi connectivity index (χ4v) is 3.79. The molecule has 0 spiro atoms. The van der Waals surface area contributed by atoms with E-state index in [4.69, 9.17) is 28.9 Å². The standard InChI is InChI=1S/C12H14Cl2N4O/c13-7-4-16-12(14)18-11(7)17-9-6-2-1-5(3-6)8(9)10(15)19/h4-6,8-9H,1-3H2,(H2,15,19)(H,16,17,18). The van der Waals surface area contributed by atoms with Gasteiger partial charge in [0.15, 0.2) is 0 Å². The number of amides is 1. The smallest absolute Gasteiger partial charge is 0.224 e. The number of nitrogens with two attached hydrogens (primary N) is 1. The van der Waals surface area contributed by atoms with Crippen LogP contribution in [0.25, 0.3) is 0 Å². The minimum absolute atomic E-state index is 0.000262. The van der Waals surface area contributed by atoms with Crippen LogP contribution in [-0.2, 0) is 4.79 Å². The van der Waals surface area contributed by atoms with Crippen molar-refractivity contribution in [1.82, 2.24) is 9.97 Å². The summed E-state index contributed by atoms with van der Waals surface area (Å²) in [5.74, 6) is 0.915. The molecule has 102 valence electrons. The number of hydrogen-bond acceptors (Lipinski definition) is 4. The van der Waals surface area contributed by atoms with E-state index in [1.165, 1.54) is 6.20 Å². The number of carbonyl (C=O) groups is 1. The van der Waals surface area contributed by atoms with E-state index >= 15 is 0 Å². The molecule has 0 aromatic carbocycles. The van der Waals surface area contributed by atoms with Crippen LogP contribution in [0.3, 0.4) is 0 Å². The first kappa shape index (κ1) is 12.9. The van der Waals surface area contributed by atoms with E-state index in [2.05, 4.69) is 15.3 Å². The first-order valence-corrected chi connectivity index (χ1v) is 7.05. The minimum atomic E-state index is -0.249. The molecule has 2 bridgehead atoms. The summed E-state index contributed by atoms with van der Waals surface area (Å²) in [5.41, 5.74) is 5.53. The van der Waals surface area contributed by atoms with Crippen LogP contribution < -0.4 is 11.1 Å². The largest absolute Gasteiger partial charge is 0.369 e. The Labute approximate surface area is 120 Å². The summed E-state index contributed by atoms with van der Waals surface area (Å²) in [7, 11) is 0. The van der Waals surface area contributed by atoms with Gasteiger partial charge in [-0.1, -0.05) is 11.6 Å². The monoisotopic (exact) mass is 300 g/mol. The van der Waals surface area contributed by atoms with Crippen molar-refractivity contribution in [3.8, 4) is 0 Å². The molecule has 3 rings (SSSR count). The highest BCUT2D eigenvalue weighted by Crippen LogP contribution is 2.49. The predicted octanol–water partition coefficient (Wildman–Crippen LogP) is 2.10. The van der Waals surface area contributed by atoms with Crippen molar-refractivity contribution in [2.45, 2.75) is 25.3 Å². The number of carbonyl (C=O) groups excluding carboxylic acids is 1. The fourth-order valence-electron chi connectivity index (χ4n) is 3.51. The lowest BCUT2D eigenvalue weighted by molar-refractivity contribution is -0.123. The van der Waals surface area contributed by atoms with Gasteiger partial charge >= 0.3 is 0 Å². The van der Waals surface area contributed by atoms with Crippen molar-refractivity contribution in [3.63, 3.8) is 0 Å². The third-order valence-corrected chi connectivity index (χ3v) is 4.72. The zero-order valence-corrected chi connectivity index (χ0v) is 11.7. The van der Waals surface area contributed by atoms with E-state index in [0.29, 0.717) is 22.7 Å². The molecule has 2 aliphatic rings. The molecule has 5 nitrogen and oxygen atoms in total. The van der Waals surface area contributed by atoms with E-state index < -0.39 is 0 Å². The van der Waals surface area contributed by atoms with Gasteiger partial charge in [0.05, 0.1) is 12.1 Å². The fraction of sp³-hybridized carbons (Fsp3) is 0.583. The first-order chi connectivity index (χ1) is 9.06. The number of aromatic nitrogens is 2. The van der Waals surface area contributed by atoms with Gasteiger partial charge in [0.1, 0.15) is 10.8 Å². The van der Waals surface area contributed by atoms with Gasteiger partial charge in [-0.15, -0.1) is 0 Å². The van der Waals surface area contributed by atoms with Crippen molar-refractivity contribution in [2.75, 3.05) is 5.32 Å². The summed E-state index contributed by atoms with van der Waals surface area (Å²) in [6, 6.07) is -0.000262. The highest BCUT2D eigenvalue weighted by atomic mass is 35.5. The maximum atomic E-state index is 11.6. The van der Waals surface area contributed by atoms with Crippen LogP contribution >= 0.6 is 23.2 Å². The lowest BCUT2D eigenvalue weighted by atomic mass is 9.84. The van der Waals surface area contributed by atoms with Crippen LogP contribution in [0.15, 0.2) is 6.20 Å². The van der Waals surface area contributed by atoms with Crippen LogP contribution in [0.5, 0.6) is 0 Å². The summed E-state index contributed by atoms with van der Waals surface area (Å²) >= 11 is 11.8. The summed E-state index contributed by atoms with van der Waals surface area (Å²) in [4.78, 5) is 19.5. The number of nitrogens with one attached hydrogen (secondary N) is 1. The molecule has 19 heavy (non-hydrogen) atoms. The van der Waals surface area contributed by atoms with Crippen LogP contribution in [0.1, 0.15) is 19.3 Å². The Kier molecular flexibility index (Phi) is 3.27. The number of fused-ring (bicyclic) bond motifs is 2. The van der Waals surface area contributed by atoms with E-state index in [0.717, 1.165) is 19.3 Å². The Hall–Kier alpha value is -1.07. The topological polar surface area (TPSA) is 80.9 Å². The third-order valence-electron chi connectivity index (χ3n) is 4.26. The number of rotatable bonds is 3. The number of halogens is 2. The van der Waals surface area contributed by atoms with E-state index in [-0.39, 0.29) is 23.2 Å². The molecule has 0 radical (unpaired) electrons. The lowest BCUT2D eigenvalue weighted by Crippen LogP contribution is -2.42. The number of hydrogen-bond donors (Lipinski definition) is 2. The molecule has 0 saturated heterocycles. The second kappa shape index (κ2) is 4.80. The van der Waals surface area contributed by atoms with Crippen molar-refractivity contribution in [3.05, 3.63) is 16.5 Å². The molecule has 2 fully saturated rings. The predicted molar refractivity (Wildman–Crippen MR) is 73.0 cm³/mol. The van der Waals surface area contributed by atoms with E-state index in [9.17, 15) is 4.79 Å². The third kappa shape index (κ3) is 2.25. The van der Waals surface area contributed by atoms with Gasteiger partial charge in [0.2, 0.25) is 11.2 Å². The molecule has 1 amide bonds. The van der Waals surface area contributed by atoms with Gasteiger partial charge in [-0.25, -0.2) is 4.98 Å². The summed E-state index contributed by atoms with van der Waals surface area (Å²) in [5, 5.41) is 3.77. The van der Waals surface area contributed by atoms with Crippen LogP contribution in [0.4, 0.5) is 5.82 Å². The second-order valence-corrected chi connectivity index (χ2v) is 6.01. The SMILES string of the molecule is NC(=O)C1C2CCC(C2)C1Nc1nc(Cl)ncc1Cl. The maximum Gasteiger partial charge on any atom is 0.224 e. The number of nitrogens with zero attached hydrogens (tertiary/aromatic N) is 2. The maximum absolute atomic E-state index is 11.6. The highest BCUT2D eigenvalue weighted by molar-refractivity contribution is 6.33. The van der Waals surface area contributed by atoms with E-state index in [1.807, 2.05) is 0 Å². The van der Waals surface area contributed by atoms with Crippen molar-refractivity contribution in [1.29, 1.82) is 0 Å². The number of primary amides is 1. The Morgan fingerprint density at radius 2 is 2.11 bits per heavy atom. The molecule has 3 N–H and O–H groups in total. The van der Waals surface area contributed by atoms with Gasteiger partial charge in [-0.3, -0.25) is 4.79 Å².